The molecule has 0 saturated heterocycles. The summed E-state index contributed by atoms with van der Waals surface area (Å²) in [6.45, 7) is 1.45. The van der Waals surface area contributed by atoms with Crippen molar-refractivity contribution in [2.24, 2.45) is 0 Å². The quantitative estimate of drug-likeness (QED) is 0.553. The lowest BCUT2D eigenvalue weighted by Crippen LogP contribution is -2.18. The number of rotatable bonds is 8. The van der Waals surface area contributed by atoms with Crippen LogP contribution >= 0.6 is 8.58 Å². The molecule has 27 heavy (non-hydrogen) atoms. The first kappa shape index (κ1) is 19.4. The van der Waals surface area contributed by atoms with E-state index in [0.29, 0.717) is 15.2 Å². The molecule has 1 atom stereocenters. The van der Waals surface area contributed by atoms with Crippen LogP contribution < -0.4 is 20.1 Å². The van der Waals surface area contributed by atoms with Gasteiger partial charge in [-0.3, -0.25) is 0 Å². The zero-order valence-corrected chi connectivity index (χ0v) is 17.1. The molecule has 0 aliphatic heterocycles. The number of para-hydroxylation sites is 1. The van der Waals surface area contributed by atoms with Gasteiger partial charge < -0.3 is 14.4 Å². The highest BCUT2D eigenvalue weighted by molar-refractivity contribution is 7.55. The van der Waals surface area contributed by atoms with Gasteiger partial charge in [0.15, 0.2) is 11.5 Å². The SMILES string of the molecule is COc1cccc(Pc2ccccc2CN(C)C)c1OCc1ccccc1. The summed E-state index contributed by atoms with van der Waals surface area (Å²) in [5.74, 6) is 1.61. The van der Waals surface area contributed by atoms with Crippen LogP contribution in [0.25, 0.3) is 0 Å². The highest BCUT2D eigenvalue weighted by atomic mass is 31.1. The van der Waals surface area contributed by atoms with E-state index in [-0.39, 0.29) is 0 Å². The van der Waals surface area contributed by atoms with Gasteiger partial charge in [-0.25, -0.2) is 0 Å². The molecule has 0 aliphatic rings. The van der Waals surface area contributed by atoms with Crippen LogP contribution in [0.4, 0.5) is 0 Å². The third-order valence-corrected chi connectivity index (χ3v) is 5.62. The largest absolute Gasteiger partial charge is 0.493 e. The second-order valence-corrected chi connectivity index (χ2v) is 7.96. The third-order valence-electron chi connectivity index (χ3n) is 4.20. The van der Waals surface area contributed by atoms with Crippen molar-refractivity contribution >= 4 is 19.2 Å². The smallest absolute Gasteiger partial charge is 0.169 e. The zero-order chi connectivity index (χ0) is 19.1. The average molecular weight is 379 g/mol. The highest BCUT2D eigenvalue weighted by Gasteiger charge is 2.13. The number of methoxy groups -OCH3 is 1. The van der Waals surface area contributed by atoms with Crippen LogP contribution in [0.15, 0.2) is 72.8 Å². The molecule has 0 heterocycles. The number of hydrogen-bond donors (Lipinski definition) is 0. The Morgan fingerprint density at radius 2 is 1.52 bits per heavy atom. The summed E-state index contributed by atoms with van der Waals surface area (Å²) in [4.78, 5) is 2.20. The van der Waals surface area contributed by atoms with Gasteiger partial charge in [-0.2, -0.15) is 0 Å². The Hall–Kier alpha value is -2.35. The van der Waals surface area contributed by atoms with Crippen molar-refractivity contribution in [3.05, 3.63) is 83.9 Å². The van der Waals surface area contributed by atoms with Crippen LogP contribution in [0.2, 0.25) is 0 Å². The van der Waals surface area contributed by atoms with Gasteiger partial charge in [-0.1, -0.05) is 75.3 Å². The Bertz CT molecular complexity index is 865. The maximum absolute atomic E-state index is 6.21. The minimum atomic E-state index is 0.509. The first-order valence-corrected chi connectivity index (χ1v) is 10.0. The van der Waals surface area contributed by atoms with Gasteiger partial charge in [0.1, 0.15) is 6.61 Å². The minimum Gasteiger partial charge on any atom is -0.493 e. The molecule has 0 bridgehead atoms. The Morgan fingerprint density at radius 3 is 2.26 bits per heavy atom. The molecule has 3 aromatic rings. The molecule has 0 saturated carbocycles. The molecule has 1 unspecified atom stereocenters. The van der Waals surface area contributed by atoms with E-state index in [4.69, 9.17) is 9.47 Å². The fourth-order valence-corrected chi connectivity index (χ4v) is 4.20. The number of hydrogen-bond acceptors (Lipinski definition) is 3. The first-order chi connectivity index (χ1) is 13.2. The first-order valence-electron chi connectivity index (χ1n) is 9.00. The summed E-state index contributed by atoms with van der Waals surface area (Å²) in [6, 6.07) is 25.0. The van der Waals surface area contributed by atoms with Gasteiger partial charge in [0, 0.05) is 11.8 Å². The van der Waals surface area contributed by atoms with Crippen molar-refractivity contribution in [1.29, 1.82) is 0 Å². The van der Waals surface area contributed by atoms with Crippen molar-refractivity contribution < 1.29 is 9.47 Å². The molecule has 0 aromatic heterocycles. The topological polar surface area (TPSA) is 21.7 Å². The van der Waals surface area contributed by atoms with Crippen LogP contribution in [0, 0.1) is 0 Å². The van der Waals surface area contributed by atoms with E-state index < -0.39 is 0 Å². The van der Waals surface area contributed by atoms with E-state index in [2.05, 4.69) is 61.5 Å². The summed E-state index contributed by atoms with van der Waals surface area (Å²) in [5, 5.41) is 2.50. The molecule has 0 spiro atoms. The maximum atomic E-state index is 6.21. The monoisotopic (exact) mass is 379 g/mol. The Morgan fingerprint density at radius 1 is 0.815 bits per heavy atom. The van der Waals surface area contributed by atoms with Crippen LogP contribution in [-0.2, 0) is 13.2 Å². The molecule has 140 valence electrons. The lowest BCUT2D eigenvalue weighted by molar-refractivity contribution is 0.287. The normalized spacial score (nSPS) is 11.3. The maximum Gasteiger partial charge on any atom is 0.169 e. The Balaban J connectivity index is 1.87. The lowest BCUT2D eigenvalue weighted by Gasteiger charge is -2.18. The van der Waals surface area contributed by atoms with Gasteiger partial charge in [0.05, 0.1) is 7.11 Å². The molecule has 3 rings (SSSR count). The molecular weight excluding hydrogens is 353 g/mol. The predicted octanol–water partition coefficient (Wildman–Crippen LogP) is 3.97. The molecule has 0 aliphatic carbocycles. The van der Waals surface area contributed by atoms with Gasteiger partial charge >= 0.3 is 0 Å². The van der Waals surface area contributed by atoms with Crippen molar-refractivity contribution in [3.63, 3.8) is 0 Å². The van der Waals surface area contributed by atoms with Crippen LogP contribution in [-0.4, -0.2) is 26.1 Å². The number of nitrogens with zero attached hydrogens (tertiary/aromatic N) is 1. The summed E-state index contributed by atoms with van der Waals surface area (Å²) in [6.07, 6.45) is 0. The van der Waals surface area contributed by atoms with Crippen molar-refractivity contribution in [1.82, 2.24) is 4.90 Å². The highest BCUT2D eigenvalue weighted by Crippen LogP contribution is 2.31. The van der Waals surface area contributed by atoms with Crippen molar-refractivity contribution in [3.8, 4) is 11.5 Å². The fourth-order valence-electron chi connectivity index (χ4n) is 2.92. The zero-order valence-electron chi connectivity index (χ0n) is 16.1. The van der Waals surface area contributed by atoms with E-state index in [1.807, 2.05) is 30.3 Å². The van der Waals surface area contributed by atoms with E-state index in [1.54, 1.807) is 7.11 Å². The fraction of sp³-hybridized carbons (Fsp3) is 0.217. The predicted molar refractivity (Wildman–Crippen MR) is 115 cm³/mol. The molecule has 4 heteroatoms. The van der Waals surface area contributed by atoms with E-state index in [0.717, 1.165) is 28.9 Å². The minimum absolute atomic E-state index is 0.509. The molecule has 0 N–H and O–H groups in total. The average Bonchev–Trinajstić information content (AvgIpc) is 2.68. The standard InChI is InChI=1S/C23H26NO2P/c1-24(2)16-19-12-7-8-14-21(19)27-22-15-9-13-20(25-3)23(22)26-17-18-10-5-4-6-11-18/h4-15,27H,16-17H2,1-3H3. The molecular formula is C23H26NO2P. The number of benzene rings is 3. The van der Waals surface area contributed by atoms with Gasteiger partial charge in [-0.15, -0.1) is 0 Å². The second kappa shape index (κ2) is 9.55. The third kappa shape index (κ3) is 5.32. The van der Waals surface area contributed by atoms with E-state index >= 15 is 0 Å². The molecule has 0 amide bonds. The van der Waals surface area contributed by atoms with Crippen molar-refractivity contribution in [2.75, 3.05) is 21.2 Å². The summed E-state index contributed by atoms with van der Waals surface area (Å²) >= 11 is 0. The van der Waals surface area contributed by atoms with Crippen LogP contribution in [0.1, 0.15) is 11.1 Å². The summed E-state index contributed by atoms with van der Waals surface area (Å²) < 4.78 is 11.8. The van der Waals surface area contributed by atoms with E-state index in [9.17, 15) is 0 Å². The van der Waals surface area contributed by atoms with E-state index in [1.165, 1.54) is 10.9 Å². The Labute approximate surface area is 163 Å². The van der Waals surface area contributed by atoms with Crippen molar-refractivity contribution in [2.45, 2.75) is 13.2 Å². The van der Waals surface area contributed by atoms with Gasteiger partial charge in [0.25, 0.3) is 0 Å². The lowest BCUT2D eigenvalue weighted by atomic mass is 10.2. The molecule has 0 fully saturated rings. The summed E-state index contributed by atoms with van der Waals surface area (Å²) in [5.41, 5.74) is 2.49. The van der Waals surface area contributed by atoms with Crippen LogP contribution in [0.3, 0.4) is 0 Å². The second-order valence-electron chi connectivity index (χ2n) is 6.63. The molecule has 3 nitrogen and oxygen atoms in total. The molecule has 3 aromatic carbocycles. The summed E-state index contributed by atoms with van der Waals surface area (Å²) in [7, 11) is 6.40. The van der Waals surface area contributed by atoms with Crippen LogP contribution in [0.5, 0.6) is 11.5 Å². The molecule has 0 radical (unpaired) electrons. The van der Waals surface area contributed by atoms with Gasteiger partial charge in [0.2, 0.25) is 0 Å². The Kier molecular flexibility index (Phi) is 6.86. The van der Waals surface area contributed by atoms with Gasteiger partial charge in [-0.05, 0) is 36.6 Å². The number of ether oxygens (including phenoxy) is 2.